The van der Waals surface area contributed by atoms with Crippen molar-refractivity contribution in [1.82, 2.24) is 23.4 Å². The SMILES string of the molecule is CC(Oc1ccc(Oc2nc3ccc(Cl)cc3o2)cc1)C(=O)O.COc1cc(OC)nc(NC(=O)NS(=O)(=O)N(C)S(C)(=O)=O)n1. The van der Waals surface area contributed by atoms with Crippen LogP contribution in [0.25, 0.3) is 11.1 Å². The number of fused-ring (bicyclic) bond motifs is 1. The molecular formula is C25H27ClN6O12S2. The van der Waals surface area contributed by atoms with Gasteiger partial charge in [0.05, 0.1) is 26.5 Å². The van der Waals surface area contributed by atoms with Crippen molar-refractivity contribution in [1.29, 1.82) is 0 Å². The van der Waals surface area contributed by atoms with Crippen LogP contribution in [0.1, 0.15) is 6.92 Å². The lowest BCUT2D eigenvalue weighted by Gasteiger charge is -2.15. The number of amides is 2. The van der Waals surface area contributed by atoms with E-state index in [9.17, 15) is 26.4 Å². The van der Waals surface area contributed by atoms with Gasteiger partial charge in [-0.3, -0.25) is 5.32 Å². The third kappa shape index (κ3) is 10.1. The third-order valence-corrected chi connectivity index (χ3v) is 9.06. The van der Waals surface area contributed by atoms with Crippen molar-refractivity contribution in [2.75, 3.05) is 32.8 Å². The molecule has 248 valence electrons. The first-order chi connectivity index (χ1) is 21.5. The number of carbonyl (C=O) groups is 2. The van der Waals surface area contributed by atoms with Gasteiger partial charge in [0.2, 0.25) is 27.7 Å². The van der Waals surface area contributed by atoms with E-state index in [0.717, 1.165) is 7.05 Å². The Morgan fingerprint density at radius 3 is 2.09 bits per heavy atom. The molecule has 2 aromatic carbocycles. The van der Waals surface area contributed by atoms with E-state index in [2.05, 4.69) is 15.0 Å². The van der Waals surface area contributed by atoms with Gasteiger partial charge in [-0.15, -0.1) is 0 Å². The van der Waals surface area contributed by atoms with E-state index >= 15 is 0 Å². The predicted molar refractivity (Wildman–Crippen MR) is 162 cm³/mol. The summed E-state index contributed by atoms with van der Waals surface area (Å²) >= 11 is 5.88. The first kappa shape index (κ1) is 35.6. The zero-order valence-corrected chi connectivity index (χ0v) is 27.0. The van der Waals surface area contributed by atoms with Crippen LogP contribution in [0.5, 0.6) is 29.3 Å². The highest BCUT2D eigenvalue weighted by Gasteiger charge is 2.28. The van der Waals surface area contributed by atoms with Gasteiger partial charge in [-0.2, -0.15) is 23.4 Å². The van der Waals surface area contributed by atoms with E-state index in [1.165, 1.54) is 31.9 Å². The van der Waals surface area contributed by atoms with Crippen molar-refractivity contribution < 1.29 is 54.9 Å². The first-order valence-corrected chi connectivity index (χ1v) is 16.2. The molecule has 4 rings (SSSR count). The molecule has 0 aliphatic carbocycles. The van der Waals surface area contributed by atoms with Crippen LogP contribution in [0.15, 0.2) is 52.9 Å². The average molecular weight is 703 g/mol. The summed E-state index contributed by atoms with van der Waals surface area (Å²) in [7, 11) is -5.27. The van der Waals surface area contributed by atoms with Crippen molar-refractivity contribution in [2.24, 2.45) is 0 Å². The van der Waals surface area contributed by atoms with Crippen molar-refractivity contribution >= 4 is 60.9 Å². The number of nitrogens with zero attached hydrogens (tertiary/aromatic N) is 4. The maximum absolute atomic E-state index is 11.7. The van der Waals surface area contributed by atoms with Crippen molar-refractivity contribution in [3.63, 3.8) is 0 Å². The van der Waals surface area contributed by atoms with Gasteiger partial charge in [0.25, 0.3) is 0 Å². The van der Waals surface area contributed by atoms with Crippen LogP contribution in [-0.2, 0) is 25.0 Å². The minimum Gasteiger partial charge on any atom is -0.481 e. The molecule has 0 aliphatic heterocycles. The lowest BCUT2D eigenvalue weighted by molar-refractivity contribution is -0.144. The standard InChI is InChI=1S/C16H12ClNO5.C9H15N5O7S2/c1-9(15(19)20)21-11-3-5-12(6-4-11)22-16-18-13-7-2-10(17)8-14(13)23-16;1-14(22(4,16)17)23(18,19)13-9(15)12-8-10-6(20-2)5-7(11-8)21-3/h2-9H,1H3,(H,19,20);5H,1-4H3,(H2,10,11,12,13,15). The number of aromatic nitrogens is 3. The van der Waals surface area contributed by atoms with Gasteiger partial charge in [0, 0.05) is 18.1 Å². The predicted octanol–water partition coefficient (Wildman–Crippen LogP) is 2.88. The van der Waals surface area contributed by atoms with Crippen LogP contribution in [-0.4, -0.2) is 86.2 Å². The van der Waals surface area contributed by atoms with E-state index in [1.54, 1.807) is 42.5 Å². The Morgan fingerprint density at radius 1 is 0.957 bits per heavy atom. The fraction of sp³-hybridized carbons (Fsp3) is 0.240. The number of carbonyl (C=O) groups excluding carboxylic acids is 1. The van der Waals surface area contributed by atoms with Gasteiger partial charge in [0.1, 0.15) is 17.0 Å². The number of oxazole rings is 1. The summed E-state index contributed by atoms with van der Waals surface area (Å²) in [6, 6.07) is 11.6. The third-order valence-electron chi connectivity index (χ3n) is 5.37. The monoisotopic (exact) mass is 702 g/mol. The number of methoxy groups -OCH3 is 2. The Labute approximate surface area is 267 Å². The Balaban J connectivity index is 0.000000250. The molecule has 3 N–H and O–H groups in total. The molecule has 21 heteroatoms. The van der Waals surface area contributed by atoms with E-state index in [-0.39, 0.29) is 27.5 Å². The van der Waals surface area contributed by atoms with Crippen molar-refractivity contribution in [2.45, 2.75) is 13.0 Å². The quantitative estimate of drug-likeness (QED) is 0.204. The molecule has 0 fully saturated rings. The lowest BCUT2D eigenvalue weighted by atomic mass is 10.3. The molecule has 18 nitrogen and oxygen atoms in total. The largest absolute Gasteiger partial charge is 0.481 e. The van der Waals surface area contributed by atoms with Crippen LogP contribution in [0, 0.1) is 0 Å². The highest BCUT2D eigenvalue weighted by Crippen LogP contribution is 2.28. The summed E-state index contributed by atoms with van der Waals surface area (Å²) in [4.78, 5) is 34.1. The minimum atomic E-state index is -4.60. The lowest BCUT2D eigenvalue weighted by Crippen LogP contribution is -2.45. The molecule has 1 unspecified atom stereocenters. The normalized spacial score (nSPS) is 12.0. The second kappa shape index (κ2) is 14.9. The number of halogens is 1. The summed E-state index contributed by atoms with van der Waals surface area (Å²) in [5.74, 6) is -0.313. The number of anilines is 1. The van der Waals surface area contributed by atoms with E-state index in [1.807, 2.05) is 5.32 Å². The summed E-state index contributed by atoms with van der Waals surface area (Å²) in [5.41, 5.74) is 1.17. The number of rotatable bonds is 11. The number of nitrogens with one attached hydrogen (secondary N) is 2. The molecule has 2 heterocycles. The van der Waals surface area contributed by atoms with E-state index < -0.39 is 38.3 Å². The maximum atomic E-state index is 11.7. The zero-order chi connectivity index (χ0) is 34.2. The number of aliphatic carboxylic acids is 1. The van der Waals surface area contributed by atoms with Gasteiger partial charge >= 0.3 is 28.3 Å². The topological polar surface area (TPSA) is 239 Å². The van der Waals surface area contributed by atoms with E-state index in [4.69, 9.17) is 40.1 Å². The molecule has 0 bridgehead atoms. The number of urea groups is 1. The average Bonchev–Trinajstić information content (AvgIpc) is 3.38. The van der Waals surface area contributed by atoms with Gasteiger partial charge in [0.15, 0.2) is 11.7 Å². The Bertz CT molecular complexity index is 1900. The highest BCUT2D eigenvalue weighted by molar-refractivity contribution is 8.03. The minimum absolute atomic E-state index is 0.00654. The van der Waals surface area contributed by atoms with E-state index in [0.29, 0.717) is 33.9 Å². The molecule has 0 spiro atoms. The highest BCUT2D eigenvalue weighted by atomic mass is 35.5. The van der Waals surface area contributed by atoms with Gasteiger partial charge in [-0.25, -0.2) is 22.7 Å². The molecule has 2 amide bonds. The van der Waals surface area contributed by atoms with Gasteiger partial charge < -0.3 is 28.5 Å². The van der Waals surface area contributed by atoms with Crippen molar-refractivity contribution in [3.05, 3.63) is 53.6 Å². The Hall–Kier alpha value is -4.92. The molecule has 2 aromatic heterocycles. The number of hydrogen-bond donors (Lipinski definition) is 3. The maximum Gasteiger partial charge on any atom is 0.400 e. The van der Waals surface area contributed by atoms with Crippen LogP contribution >= 0.6 is 11.6 Å². The summed E-state index contributed by atoms with van der Waals surface area (Å²) < 4.78 is 73.2. The molecular weight excluding hydrogens is 676 g/mol. The Morgan fingerprint density at radius 2 is 1.54 bits per heavy atom. The number of benzene rings is 2. The molecule has 0 radical (unpaired) electrons. The fourth-order valence-corrected chi connectivity index (χ4v) is 5.13. The van der Waals surface area contributed by atoms with Crippen LogP contribution in [0.2, 0.25) is 5.02 Å². The van der Waals surface area contributed by atoms with Gasteiger partial charge in [-0.05, 0) is 43.3 Å². The molecule has 0 aliphatic rings. The molecule has 0 saturated heterocycles. The van der Waals surface area contributed by atoms with Crippen LogP contribution in [0.3, 0.4) is 0 Å². The summed E-state index contributed by atoms with van der Waals surface area (Å²) in [6.07, 6.45) is -0.168. The molecule has 46 heavy (non-hydrogen) atoms. The zero-order valence-electron chi connectivity index (χ0n) is 24.6. The number of carboxylic acid groups (broad SMARTS) is 1. The van der Waals surface area contributed by atoms with Crippen LogP contribution in [0.4, 0.5) is 10.7 Å². The first-order valence-electron chi connectivity index (χ1n) is 12.5. The summed E-state index contributed by atoms with van der Waals surface area (Å²) in [6.45, 7) is 1.45. The summed E-state index contributed by atoms with van der Waals surface area (Å²) in [5, 5.41) is 11.4. The molecule has 0 saturated carbocycles. The molecule has 4 aromatic rings. The molecule has 1 atom stereocenters. The smallest absolute Gasteiger partial charge is 0.400 e. The van der Waals surface area contributed by atoms with Crippen LogP contribution < -0.4 is 29.0 Å². The van der Waals surface area contributed by atoms with Crippen molar-refractivity contribution in [3.8, 4) is 29.3 Å². The second-order valence-electron chi connectivity index (χ2n) is 8.74. The number of hydrogen-bond acceptors (Lipinski definition) is 14. The second-order valence-corrected chi connectivity index (χ2v) is 13.1. The van der Waals surface area contributed by atoms with Gasteiger partial charge in [-0.1, -0.05) is 15.3 Å². The number of carboxylic acids is 1. The Kier molecular flexibility index (Phi) is 11.5. The number of ether oxygens (including phenoxy) is 4. The fourth-order valence-electron chi connectivity index (χ4n) is 3.02. The number of sulfonamides is 1.